The van der Waals surface area contributed by atoms with Gasteiger partial charge in [0.05, 0.1) is 13.2 Å². The molecule has 0 spiro atoms. The molecule has 0 aliphatic heterocycles. The molecule has 0 aromatic heterocycles. The van der Waals surface area contributed by atoms with Gasteiger partial charge in [0.2, 0.25) is 0 Å². The fourth-order valence-electron chi connectivity index (χ4n) is 1.68. The van der Waals surface area contributed by atoms with Gasteiger partial charge in [0, 0.05) is 0 Å². The third-order valence-electron chi connectivity index (χ3n) is 2.65. The minimum atomic E-state index is 0.487. The van der Waals surface area contributed by atoms with Crippen molar-refractivity contribution in [3.63, 3.8) is 0 Å². The summed E-state index contributed by atoms with van der Waals surface area (Å²) in [4.78, 5) is 0. The van der Waals surface area contributed by atoms with Gasteiger partial charge in [-0.15, -0.1) is 0 Å². The molecule has 0 radical (unpaired) electrons. The largest absolute Gasteiger partial charge is 0.491 e. The molecular formula is C16H17BrO3. The molecule has 0 atom stereocenters. The first-order valence-electron chi connectivity index (χ1n) is 6.42. The van der Waals surface area contributed by atoms with E-state index in [1.165, 1.54) is 5.56 Å². The Bertz CT molecular complexity index is 485. The van der Waals surface area contributed by atoms with Crippen molar-refractivity contribution in [2.45, 2.75) is 6.61 Å². The Balaban J connectivity index is 1.63. The summed E-state index contributed by atoms with van der Waals surface area (Å²) in [5.74, 6) is 1.63. The van der Waals surface area contributed by atoms with Crippen molar-refractivity contribution in [3.05, 3.63) is 60.2 Å². The second-order valence-electron chi connectivity index (χ2n) is 4.11. The van der Waals surface area contributed by atoms with Crippen molar-refractivity contribution < 1.29 is 14.2 Å². The summed E-state index contributed by atoms with van der Waals surface area (Å²) in [6, 6.07) is 17.6. The van der Waals surface area contributed by atoms with Crippen LogP contribution in [-0.4, -0.2) is 18.7 Å². The standard InChI is InChI=1S/C16H17BrO3/c17-13-20-16-8-6-15(7-9-16)19-11-10-18-12-14-4-2-1-3-5-14/h1-9H,10-13H2. The first-order chi connectivity index (χ1) is 9.88. The summed E-state index contributed by atoms with van der Waals surface area (Å²) >= 11 is 3.21. The Morgan fingerprint density at radius 1 is 0.750 bits per heavy atom. The second kappa shape index (κ2) is 8.61. The van der Waals surface area contributed by atoms with E-state index in [-0.39, 0.29) is 0 Å². The van der Waals surface area contributed by atoms with Crippen LogP contribution in [0.1, 0.15) is 5.56 Å². The van der Waals surface area contributed by atoms with Crippen LogP contribution in [0.5, 0.6) is 11.5 Å². The summed E-state index contributed by atoms with van der Waals surface area (Å²) in [6.45, 7) is 1.71. The lowest BCUT2D eigenvalue weighted by molar-refractivity contribution is 0.0889. The molecular weight excluding hydrogens is 320 g/mol. The predicted octanol–water partition coefficient (Wildman–Crippen LogP) is 4.01. The van der Waals surface area contributed by atoms with Gasteiger partial charge < -0.3 is 14.2 Å². The molecule has 2 aromatic rings. The Morgan fingerprint density at radius 2 is 1.40 bits per heavy atom. The van der Waals surface area contributed by atoms with E-state index >= 15 is 0 Å². The first-order valence-corrected chi connectivity index (χ1v) is 7.54. The average molecular weight is 337 g/mol. The highest BCUT2D eigenvalue weighted by Crippen LogP contribution is 2.17. The van der Waals surface area contributed by atoms with Crippen LogP contribution in [0.25, 0.3) is 0 Å². The van der Waals surface area contributed by atoms with E-state index in [4.69, 9.17) is 14.2 Å². The number of hydrogen-bond acceptors (Lipinski definition) is 3. The van der Waals surface area contributed by atoms with E-state index in [1.807, 2.05) is 54.6 Å². The molecule has 0 fully saturated rings. The van der Waals surface area contributed by atoms with Crippen LogP contribution >= 0.6 is 15.9 Å². The maximum absolute atomic E-state index is 5.58. The van der Waals surface area contributed by atoms with E-state index in [9.17, 15) is 0 Å². The van der Waals surface area contributed by atoms with Gasteiger partial charge in [-0.05, 0) is 45.8 Å². The van der Waals surface area contributed by atoms with Gasteiger partial charge in [-0.2, -0.15) is 0 Å². The van der Waals surface area contributed by atoms with Crippen molar-refractivity contribution >= 4 is 15.9 Å². The van der Waals surface area contributed by atoms with Gasteiger partial charge in [-0.25, -0.2) is 0 Å². The number of benzene rings is 2. The van der Waals surface area contributed by atoms with Crippen LogP contribution in [0.3, 0.4) is 0 Å². The van der Waals surface area contributed by atoms with Gasteiger partial charge in [-0.3, -0.25) is 0 Å². The molecule has 0 amide bonds. The summed E-state index contributed by atoms with van der Waals surface area (Å²) in [5, 5.41) is 0. The second-order valence-corrected chi connectivity index (χ2v) is 4.57. The molecule has 2 aromatic carbocycles. The maximum Gasteiger partial charge on any atom is 0.143 e. The van der Waals surface area contributed by atoms with Gasteiger partial charge >= 0.3 is 0 Å². The Kier molecular flexibility index (Phi) is 6.41. The highest BCUT2D eigenvalue weighted by Gasteiger charge is 1.96. The van der Waals surface area contributed by atoms with E-state index in [0.717, 1.165) is 11.5 Å². The van der Waals surface area contributed by atoms with Crippen molar-refractivity contribution in [1.29, 1.82) is 0 Å². The summed E-state index contributed by atoms with van der Waals surface area (Å²) in [5.41, 5.74) is 1.66. The molecule has 0 aliphatic carbocycles. The zero-order valence-electron chi connectivity index (χ0n) is 11.1. The third-order valence-corrected chi connectivity index (χ3v) is 2.88. The van der Waals surface area contributed by atoms with Crippen LogP contribution in [0.15, 0.2) is 54.6 Å². The lowest BCUT2D eigenvalue weighted by Crippen LogP contribution is -2.06. The molecule has 0 heterocycles. The van der Waals surface area contributed by atoms with Gasteiger partial charge in [0.25, 0.3) is 0 Å². The van der Waals surface area contributed by atoms with E-state index in [1.54, 1.807) is 0 Å². The number of ether oxygens (including phenoxy) is 3. The molecule has 2 rings (SSSR count). The fourth-order valence-corrected chi connectivity index (χ4v) is 1.94. The van der Waals surface area contributed by atoms with Gasteiger partial charge in [0.15, 0.2) is 0 Å². The number of halogens is 1. The molecule has 0 saturated heterocycles. The number of rotatable bonds is 8. The molecule has 4 heteroatoms. The molecule has 0 bridgehead atoms. The normalized spacial score (nSPS) is 10.2. The highest BCUT2D eigenvalue weighted by atomic mass is 79.9. The summed E-state index contributed by atoms with van der Waals surface area (Å²) in [6.07, 6.45) is 0. The monoisotopic (exact) mass is 336 g/mol. The van der Waals surface area contributed by atoms with Crippen LogP contribution in [0, 0.1) is 0 Å². The summed E-state index contributed by atoms with van der Waals surface area (Å²) < 4.78 is 16.4. The Labute approximate surface area is 127 Å². The quantitative estimate of drug-likeness (QED) is 0.538. The van der Waals surface area contributed by atoms with Gasteiger partial charge in [-0.1, -0.05) is 30.3 Å². The minimum absolute atomic E-state index is 0.487. The Hall–Kier alpha value is -1.52. The lowest BCUT2D eigenvalue weighted by atomic mass is 10.2. The van der Waals surface area contributed by atoms with Crippen LogP contribution in [-0.2, 0) is 11.3 Å². The molecule has 20 heavy (non-hydrogen) atoms. The minimum Gasteiger partial charge on any atom is -0.491 e. The Morgan fingerprint density at radius 3 is 2.05 bits per heavy atom. The van der Waals surface area contributed by atoms with Crippen LogP contribution in [0.2, 0.25) is 0 Å². The predicted molar refractivity (Wildman–Crippen MR) is 82.5 cm³/mol. The summed E-state index contributed by atoms with van der Waals surface area (Å²) in [7, 11) is 0. The molecule has 3 nitrogen and oxygen atoms in total. The number of alkyl halides is 1. The molecule has 0 N–H and O–H groups in total. The van der Waals surface area contributed by atoms with Crippen molar-refractivity contribution in [3.8, 4) is 11.5 Å². The zero-order valence-corrected chi connectivity index (χ0v) is 12.7. The molecule has 0 unspecified atom stereocenters. The smallest absolute Gasteiger partial charge is 0.143 e. The molecule has 0 aliphatic rings. The van der Waals surface area contributed by atoms with E-state index in [2.05, 4.69) is 15.9 Å². The van der Waals surface area contributed by atoms with Crippen LogP contribution in [0.4, 0.5) is 0 Å². The fraction of sp³-hybridized carbons (Fsp3) is 0.250. The zero-order chi connectivity index (χ0) is 14.0. The molecule has 0 saturated carbocycles. The van der Waals surface area contributed by atoms with Crippen molar-refractivity contribution in [2.24, 2.45) is 0 Å². The number of hydrogen-bond donors (Lipinski definition) is 0. The third kappa shape index (κ3) is 5.23. The SMILES string of the molecule is BrCOc1ccc(OCCOCc2ccccc2)cc1. The van der Waals surface area contributed by atoms with Crippen molar-refractivity contribution in [2.75, 3.05) is 18.7 Å². The first kappa shape index (κ1) is 14.9. The highest BCUT2D eigenvalue weighted by molar-refractivity contribution is 9.09. The van der Waals surface area contributed by atoms with Crippen molar-refractivity contribution in [1.82, 2.24) is 0 Å². The average Bonchev–Trinajstić information content (AvgIpc) is 2.50. The van der Waals surface area contributed by atoms with Gasteiger partial charge in [0.1, 0.15) is 23.6 Å². The molecule has 106 valence electrons. The van der Waals surface area contributed by atoms with Crippen LogP contribution < -0.4 is 9.47 Å². The van der Waals surface area contributed by atoms with E-state index in [0.29, 0.717) is 25.3 Å². The topological polar surface area (TPSA) is 27.7 Å². The lowest BCUT2D eigenvalue weighted by Gasteiger charge is -2.08. The maximum atomic E-state index is 5.58. The van der Waals surface area contributed by atoms with E-state index < -0.39 is 0 Å².